The summed E-state index contributed by atoms with van der Waals surface area (Å²) >= 11 is 0. The van der Waals surface area contributed by atoms with Crippen molar-refractivity contribution in [1.82, 2.24) is 0 Å². The van der Waals surface area contributed by atoms with Crippen molar-refractivity contribution in [1.29, 1.82) is 0 Å². The van der Waals surface area contributed by atoms with Crippen LogP contribution in [0.1, 0.15) is 26.7 Å². The highest BCUT2D eigenvalue weighted by molar-refractivity contribution is 5.88. The fourth-order valence-electron chi connectivity index (χ4n) is 0.852. The summed E-state index contributed by atoms with van der Waals surface area (Å²) in [6.45, 7) is 3.79. The van der Waals surface area contributed by atoms with E-state index in [4.69, 9.17) is 5.11 Å². The van der Waals surface area contributed by atoms with Gasteiger partial charge in [-0.25, -0.2) is 0 Å². The molecule has 0 aromatic heterocycles. The van der Waals surface area contributed by atoms with Crippen molar-refractivity contribution >= 4 is 11.9 Å². The first-order valence-electron chi connectivity index (χ1n) is 3.94. The SMILES string of the molecule is CC1CC(=O)OC(=O)C1.CCO. The Morgan fingerprint density at radius 3 is 2.00 bits per heavy atom. The number of carbonyl (C=O) groups is 2. The van der Waals surface area contributed by atoms with Crippen LogP contribution in [0.25, 0.3) is 0 Å². The molecular weight excluding hydrogens is 160 g/mol. The van der Waals surface area contributed by atoms with E-state index < -0.39 is 11.9 Å². The summed E-state index contributed by atoms with van der Waals surface area (Å²) in [5, 5.41) is 7.57. The number of rotatable bonds is 0. The summed E-state index contributed by atoms with van der Waals surface area (Å²) in [5.74, 6) is -0.615. The Kier molecular flexibility index (Phi) is 5.28. The first kappa shape index (κ1) is 11.1. The third-order valence-corrected chi connectivity index (χ3v) is 1.26. The largest absolute Gasteiger partial charge is 0.397 e. The van der Waals surface area contributed by atoms with Crippen molar-refractivity contribution in [3.63, 3.8) is 0 Å². The van der Waals surface area contributed by atoms with Gasteiger partial charge in [-0.1, -0.05) is 6.92 Å². The van der Waals surface area contributed by atoms with Crippen LogP contribution in [0, 0.1) is 5.92 Å². The molecule has 0 aliphatic carbocycles. The lowest BCUT2D eigenvalue weighted by atomic mass is 10.0. The Bertz CT molecular complexity index is 148. The van der Waals surface area contributed by atoms with Crippen molar-refractivity contribution < 1.29 is 19.4 Å². The summed E-state index contributed by atoms with van der Waals surface area (Å²) in [7, 11) is 0. The lowest BCUT2D eigenvalue weighted by Gasteiger charge is -2.14. The fourth-order valence-corrected chi connectivity index (χ4v) is 0.852. The third-order valence-electron chi connectivity index (χ3n) is 1.26. The number of hydrogen-bond donors (Lipinski definition) is 1. The normalized spacial score (nSPS) is 17.9. The van der Waals surface area contributed by atoms with Crippen molar-refractivity contribution in [2.45, 2.75) is 26.7 Å². The number of esters is 2. The summed E-state index contributed by atoms with van der Waals surface area (Å²) in [6.07, 6.45) is 0.761. The molecule has 1 heterocycles. The molecule has 70 valence electrons. The molecule has 1 fully saturated rings. The highest BCUT2D eigenvalue weighted by Gasteiger charge is 2.23. The molecule has 1 rings (SSSR count). The molecule has 0 unspecified atom stereocenters. The van der Waals surface area contributed by atoms with E-state index in [2.05, 4.69) is 4.74 Å². The molecule has 1 N–H and O–H groups in total. The van der Waals surface area contributed by atoms with E-state index in [0.717, 1.165) is 0 Å². The second-order valence-electron chi connectivity index (χ2n) is 2.68. The molecule has 12 heavy (non-hydrogen) atoms. The van der Waals surface area contributed by atoms with Crippen molar-refractivity contribution in [2.75, 3.05) is 6.61 Å². The van der Waals surface area contributed by atoms with Gasteiger partial charge in [0.05, 0.1) is 0 Å². The Labute approximate surface area is 71.5 Å². The minimum Gasteiger partial charge on any atom is -0.397 e. The first-order chi connectivity index (χ1) is 5.60. The molecule has 0 radical (unpaired) electrons. The average molecular weight is 174 g/mol. The second-order valence-corrected chi connectivity index (χ2v) is 2.68. The van der Waals surface area contributed by atoms with Gasteiger partial charge in [-0.2, -0.15) is 0 Å². The molecule has 1 saturated heterocycles. The molecule has 0 spiro atoms. The molecule has 0 atom stereocenters. The van der Waals surface area contributed by atoms with Crippen LogP contribution in [0.3, 0.4) is 0 Å². The summed E-state index contributed by atoms with van der Waals surface area (Å²) in [4.78, 5) is 20.9. The number of hydrogen-bond acceptors (Lipinski definition) is 4. The monoisotopic (exact) mass is 174 g/mol. The van der Waals surface area contributed by atoms with Gasteiger partial charge in [0.2, 0.25) is 0 Å². The molecule has 0 bridgehead atoms. The van der Waals surface area contributed by atoms with Crippen LogP contribution in [-0.4, -0.2) is 23.7 Å². The topological polar surface area (TPSA) is 63.6 Å². The van der Waals surface area contributed by atoms with E-state index in [1.165, 1.54) is 0 Å². The highest BCUT2D eigenvalue weighted by Crippen LogP contribution is 2.14. The van der Waals surface area contributed by atoms with Crippen LogP contribution >= 0.6 is 0 Å². The molecule has 4 nitrogen and oxygen atoms in total. The maximum atomic E-state index is 10.4. The summed E-state index contributed by atoms with van der Waals surface area (Å²) in [5.41, 5.74) is 0. The smallest absolute Gasteiger partial charge is 0.313 e. The van der Waals surface area contributed by atoms with Gasteiger partial charge < -0.3 is 9.84 Å². The van der Waals surface area contributed by atoms with Gasteiger partial charge in [0.25, 0.3) is 0 Å². The van der Waals surface area contributed by atoms with E-state index in [1.54, 1.807) is 6.92 Å². The molecule has 1 aliphatic rings. The van der Waals surface area contributed by atoms with Gasteiger partial charge >= 0.3 is 11.9 Å². The zero-order chi connectivity index (χ0) is 9.56. The number of carbonyl (C=O) groups excluding carboxylic acids is 2. The van der Waals surface area contributed by atoms with Gasteiger partial charge in [-0.05, 0) is 12.8 Å². The Hall–Kier alpha value is -0.900. The quantitative estimate of drug-likeness (QED) is 0.428. The van der Waals surface area contributed by atoms with E-state index in [9.17, 15) is 9.59 Å². The van der Waals surface area contributed by atoms with Crippen LogP contribution in [0.5, 0.6) is 0 Å². The van der Waals surface area contributed by atoms with Crippen molar-refractivity contribution in [3.8, 4) is 0 Å². The van der Waals surface area contributed by atoms with Crippen LogP contribution < -0.4 is 0 Å². The minimum atomic E-state index is -0.390. The van der Waals surface area contributed by atoms with E-state index >= 15 is 0 Å². The van der Waals surface area contributed by atoms with Gasteiger partial charge in [0.1, 0.15) is 0 Å². The van der Waals surface area contributed by atoms with E-state index in [0.29, 0.717) is 12.8 Å². The predicted octanol–water partition coefficient (Wildman–Crippen LogP) is 0.485. The van der Waals surface area contributed by atoms with Crippen LogP contribution in [0.2, 0.25) is 0 Å². The highest BCUT2D eigenvalue weighted by atomic mass is 16.6. The summed E-state index contributed by atoms with van der Waals surface area (Å²) < 4.78 is 4.28. The van der Waals surface area contributed by atoms with Gasteiger partial charge in [0, 0.05) is 19.4 Å². The minimum absolute atomic E-state index is 0.166. The summed E-state index contributed by atoms with van der Waals surface area (Å²) in [6, 6.07) is 0. The number of aliphatic hydroxyl groups excluding tert-OH is 1. The van der Waals surface area contributed by atoms with Gasteiger partial charge in [0.15, 0.2) is 0 Å². The molecule has 0 aromatic rings. The zero-order valence-electron chi connectivity index (χ0n) is 7.37. The second kappa shape index (κ2) is 5.71. The number of cyclic esters (lactones) is 2. The Morgan fingerprint density at radius 2 is 1.75 bits per heavy atom. The van der Waals surface area contributed by atoms with Crippen molar-refractivity contribution in [3.05, 3.63) is 0 Å². The van der Waals surface area contributed by atoms with Gasteiger partial charge in [-0.3, -0.25) is 9.59 Å². The Balaban J connectivity index is 0.000000354. The lowest BCUT2D eigenvalue weighted by molar-refractivity contribution is -0.165. The maximum Gasteiger partial charge on any atom is 0.313 e. The first-order valence-corrected chi connectivity index (χ1v) is 3.94. The molecule has 0 aromatic carbocycles. The average Bonchev–Trinajstić information content (AvgIpc) is 1.84. The standard InChI is InChI=1S/C6H8O3.C2H6O/c1-4-2-5(7)9-6(8)3-4;1-2-3/h4H,2-3H2,1H3;3H,2H2,1H3. The number of aliphatic hydroxyl groups is 1. The maximum absolute atomic E-state index is 10.4. The molecule has 0 amide bonds. The van der Waals surface area contributed by atoms with Crippen LogP contribution in [-0.2, 0) is 14.3 Å². The predicted molar refractivity (Wildman–Crippen MR) is 42.3 cm³/mol. The molecule has 4 heteroatoms. The molecule has 0 saturated carbocycles. The lowest BCUT2D eigenvalue weighted by Crippen LogP contribution is -2.23. The zero-order valence-corrected chi connectivity index (χ0v) is 7.37. The fraction of sp³-hybridized carbons (Fsp3) is 0.750. The molecular formula is C8H14O4. The van der Waals surface area contributed by atoms with E-state index in [1.807, 2.05) is 6.92 Å². The van der Waals surface area contributed by atoms with Crippen LogP contribution in [0.4, 0.5) is 0 Å². The van der Waals surface area contributed by atoms with Crippen molar-refractivity contribution in [2.24, 2.45) is 5.92 Å². The Morgan fingerprint density at radius 1 is 1.42 bits per heavy atom. The van der Waals surface area contributed by atoms with E-state index in [-0.39, 0.29) is 12.5 Å². The van der Waals surface area contributed by atoms with Crippen LogP contribution in [0.15, 0.2) is 0 Å². The number of ether oxygens (including phenoxy) is 1. The molecule has 1 aliphatic heterocycles. The third kappa shape index (κ3) is 4.85. The van der Waals surface area contributed by atoms with Gasteiger partial charge in [-0.15, -0.1) is 0 Å².